The fraction of sp³-hybridized carbons (Fsp3) is 0.368. The average molecular weight is 441 g/mol. The van der Waals surface area contributed by atoms with Gasteiger partial charge in [0, 0.05) is 0 Å². The number of hydrogen-bond acceptors (Lipinski definition) is 4. The van der Waals surface area contributed by atoms with Crippen molar-refractivity contribution in [3.8, 4) is 11.5 Å². The van der Waals surface area contributed by atoms with Crippen LogP contribution in [0.5, 0.6) is 11.5 Å². The van der Waals surface area contributed by atoms with Gasteiger partial charge in [0.1, 0.15) is 0 Å². The van der Waals surface area contributed by atoms with E-state index in [2.05, 4.69) is 41.3 Å². The van der Waals surface area contributed by atoms with Crippen molar-refractivity contribution in [3.63, 3.8) is 0 Å². The summed E-state index contributed by atoms with van der Waals surface area (Å²) < 4.78 is 21.5. The minimum absolute atomic E-state index is 0.0627. The van der Waals surface area contributed by atoms with Crippen LogP contribution in [-0.2, 0) is 16.2 Å². The van der Waals surface area contributed by atoms with Crippen molar-refractivity contribution in [2.24, 2.45) is 0 Å². The van der Waals surface area contributed by atoms with Gasteiger partial charge < -0.3 is 0 Å². The Balaban J connectivity index is 1.78. The third kappa shape index (κ3) is 2.80. The van der Waals surface area contributed by atoms with Gasteiger partial charge in [-0.2, -0.15) is 0 Å². The van der Waals surface area contributed by atoms with Crippen LogP contribution in [0.2, 0.25) is 0 Å². The second-order valence-electron chi connectivity index (χ2n) is 6.76. The van der Waals surface area contributed by atoms with Crippen LogP contribution in [0.25, 0.3) is 0 Å². The molecule has 24 heavy (non-hydrogen) atoms. The molecule has 0 aromatic heterocycles. The topological polar surface area (TPSA) is 30.9 Å². The van der Waals surface area contributed by atoms with Gasteiger partial charge >= 0.3 is 149 Å². The molecule has 0 N–H and O–H groups in total. The van der Waals surface area contributed by atoms with E-state index in [1.165, 1.54) is 22.3 Å². The predicted molar refractivity (Wildman–Crippen MR) is 94.8 cm³/mol. The molecule has 4 rings (SSSR count). The Kier molecular flexibility index (Phi) is 4.01. The first-order chi connectivity index (χ1) is 11.4. The molecule has 0 aliphatic carbocycles. The third-order valence-electron chi connectivity index (χ3n) is 4.15. The summed E-state index contributed by atoms with van der Waals surface area (Å²) in [4.78, 5) is 0. The van der Waals surface area contributed by atoms with Crippen molar-refractivity contribution in [3.05, 3.63) is 58.7 Å². The van der Waals surface area contributed by atoms with Gasteiger partial charge in [-0.05, 0) is 0 Å². The fourth-order valence-corrected chi connectivity index (χ4v) is 9.69. The third-order valence-corrected chi connectivity index (χ3v) is 10.7. The van der Waals surface area contributed by atoms with E-state index in [0.29, 0.717) is 0 Å². The Labute approximate surface area is 149 Å². The molecule has 2 aromatic rings. The molecule has 2 aromatic carbocycles. The summed E-state index contributed by atoms with van der Waals surface area (Å²) in [5, 5.41) is 0. The van der Waals surface area contributed by atoms with Crippen molar-refractivity contribution in [2.75, 3.05) is 0 Å². The summed E-state index contributed by atoms with van der Waals surface area (Å²) in [5.41, 5.74) is 4.92. The zero-order valence-electron chi connectivity index (χ0n) is 14.5. The Hall–Kier alpha value is -1.25. The molecule has 0 spiro atoms. The number of benzene rings is 2. The van der Waals surface area contributed by atoms with Gasteiger partial charge in [-0.3, -0.25) is 0 Å². The van der Waals surface area contributed by atoms with Gasteiger partial charge in [-0.15, -0.1) is 0 Å². The first kappa shape index (κ1) is 16.2. The quantitative estimate of drug-likeness (QED) is 0.661. The number of nitrogens with zero attached hydrogens (tertiary/aromatic N) is 1. The van der Waals surface area contributed by atoms with Crippen LogP contribution < -0.4 is 6.20 Å². The molecule has 0 atom stereocenters. The van der Waals surface area contributed by atoms with Crippen LogP contribution in [0.4, 0.5) is 0 Å². The van der Waals surface area contributed by atoms with Crippen LogP contribution in [0.1, 0.15) is 36.1 Å². The molecule has 0 unspecified atom stereocenters. The molecule has 2 aliphatic heterocycles. The van der Waals surface area contributed by atoms with Crippen molar-refractivity contribution in [2.45, 2.75) is 46.9 Å². The zero-order chi connectivity index (χ0) is 16.9. The fourth-order valence-electron chi connectivity index (χ4n) is 3.11. The van der Waals surface area contributed by atoms with Gasteiger partial charge in [-0.25, -0.2) is 0 Å². The normalized spacial score (nSPS) is 19.5. The van der Waals surface area contributed by atoms with E-state index >= 15 is 0 Å². The van der Waals surface area contributed by atoms with Gasteiger partial charge in [-0.1, -0.05) is 0 Å². The second-order valence-corrected chi connectivity index (χ2v) is 12.2. The number of hydrogen-bond donors (Lipinski definition) is 0. The van der Waals surface area contributed by atoms with E-state index in [9.17, 15) is 0 Å². The molecule has 0 radical (unpaired) electrons. The predicted octanol–water partition coefficient (Wildman–Crippen LogP) is 3.95. The molecule has 0 fully saturated rings. The SMILES string of the molecule is Cc1ccc2c(c1)CN1Cc3cc(C)ccc3O[Te]1(OC(C)C)O2. The molecule has 2 aliphatic rings. The van der Waals surface area contributed by atoms with E-state index in [4.69, 9.17) is 9.30 Å². The van der Waals surface area contributed by atoms with Gasteiger partial charge in [0.05, 0.1) is 0 Å². The number of rotatable bonds is 2. The summed E-state index contributed by atoms with van der Waals surface area (Å²) in [6.07, 6.45) is 0.0627. The minimum atomic E-state index is -3.62. The van der Waals surface area contributed by atoms with Gasteiger partial charge in [0.25, 0.3) is 0 Å². The Morgan fingerprint density at radius 1 is 0.917 bits per heavy atom. The van der Waals surface area contributed by atoms with E-state index in [1.807, 2.05) is 26.0 Å². The summed E-state index contributed by atoms with van der Waals surface area (Å²) in [6, 6.07) is 12.7. The second kappa shape index (κ2) is 5.93. The molecular formula is C19H23NO3Te. The first-order valence-corrected chi connectivity index (χ1v) is 12.2. The maximum atomic E-state index is 6.45. The Bertz CT molecular complexity index is 733. The Morgan fingerprint density at radius 2 is 1.42 bits per heavy atom. The van der Waals surface area contributed by atoms with E-state index in [-0.39, 0.29) is 6.10 Å². The first-order valence-electron chi connectivity index (χ1n) is 8.30. The van der Waals surface area contributed by atoms with E-state index < -0.39 is 19.7 Å². The van der Waals surface area contributed by atoms with Crippen molar-refractivity contribution in [1.82, 2.24) is 3.15 Å². The molecule has 0 saturated carbocycles. The molecule has 4 nitrogen and oxygen atoms in total. The summed E-state index contributed by atoms with van der Waals surface area (Å²) in [6.45, 7) is 9.94. The van der Waals surface area contributed by atoms with E-state index in [0.717, 1.165) is 24.6 Å². The molecule has 2 heterocycles. The monoisotopic (exact) mass is 443 g/mol. The maximum absolute atomic E-state index is 6.45. The van der Waals surface area contributed by atoms with Crippen LogP contribution >= 0.6 is 0 Å². The summed E-state index contributed by atoms with van der Waals surface area (Å²) in [5.74, 6) is 1.82. The standard InChI is InChI=1S/C19H23NO3Te/c1-13(2)21-24-20(11-16-9-14(3)5-7-18(16)22-24)12-17-10-15(4)6-8-19(17)23-24/h5-10,13H,11-12H2,1-4H3. The van der Waals surface area contributed by atoms with Crippen LogP contribution in [0.3, 0.4) is 0 Å². The van der Waals surface area contributed by atoms with Crippen LogP contribution in [0, 0.1) is 13.8 Å². The van der Waals surface area contributed by atoms with E-state index in [1.54, 1.807) is 0 Å². The molecule has 128 valence electrons. The molecular weight excluding hydrogens is 418 g/mol. The average Bonchev–Trinajstić information content (AvgIpc) is 2.50. The molecule has 0 amide bonds. The zero-order valence-corrected chi connectivity index (χ0v) is 16.9. The summed E-state index contributed by atoms with van der Waals surface area (Å²) in [7, 11) is 0. The number of fused-ring (bicyclic) bond motifs is 3. The van der Waals surface area contributed by atoms with Crippen LogP contribution in [0.15, 0.2) is 36.4 Å². The number of aryl methyl sites for hydroxylation is 2. The van der Waals surface area contributed by atoms with Crippen molar-refractivity contribution in [1.29, 1.82) is 0 Å². The molecule has 0 bridgehead atoms. The van der Waals surface area contributed by atoms with Gasteiger partial charge in [0.2, 0.25) is 0 Å². The molecule has 5 heteroatoms. The summed E-state index contributed by atoms with van der Waals surface area (Å²) >= 11 is -3.62. The van der Waals surface area contributed by atoms with Gasteiger partial charge in [0.15, 0.2) is 0 Å². The Morgan fingerprint density at radius 3 is 1.88 bits per heavy atom. The molecule has 0 saturated heterocycles. The van der Waals surface area contributed by atoms with Crippen molar-refractivity contribution >= 4 is 19.7 Å². The van der Waals surface area contributed by atoms with Crippen molar-refractivity contribution < 1.29 is 9.30 Å². The van der Waals surface area contributed by atoms with Crippen LogP contribution in [-0.4, -0.2) is 28.9 Å².